The van der Waals surface area contributed by atoms with Crippen molar-refractivity contribution < 1.29 is 13.2 Å². The minimum Gasteiger partial charge on any atom is -0.353 e. The van der Waals surface area contributed by atoms with Crippen LogP contribution in [-0.4, -0.2) is 31.9 Å². The van der Waals surface area contributed by atoms with Crippen molar-refractivity contribution in [2.45, 2.75) is 56.9 Å². The monoisotopic (exact) mass is 403 g/mol. The Bertz CT molecular complexity index is 916. The van der Waals surface area contributed by atoms with Crippen molar-refractivity contribution in [1.82, 2.24) is 15.0 Å². The van der Waals surface area contributed by atoms with Crippen molar-refractivity contribution in [3.8, 4) is 0 Å². The summed E-state index contributed by atoms with van der Waals surface area (Å²) < 4.78 is 28.4. The molecule has 1 heterocycles. The zero-order valence-corrected chi connectivity index (χ0v) is 17.3. The summed E-state index contributed by atoms with van der Waals surface area (Å²) >= 11 is 0. The molecule has 6 nitrogen and oxygen atoms in total. The maximum atomic E-state index is 12.8. The zero-order chi connectivity index (χ0) is 20.1. The summed E-state index contributed by atoms with van der Waals surface area (Å²) in [6.45, 7) is 4.46. The number of pyridine rings is 1. The van der Waals surface area contributed by atoms with E-state index in [0.717, 1.165) is 37.5 Å². The van der Waals surface area contributed by atoms with E-state index in [4.69, 9.17) is 0 Å². The fraction of sp³-hybridized carbons (Fsp3) is 0.524. The molecule has 0 radical (unpaired) electrons. The maximum absolute atomic E-state index is 12.8. The molecule has 1 atom stereocenters. The molecule has 1 aromatic carbocycles. The van der Waals surface area contributed by atoms with Crippen molar-refractivity contribution in [1.29, 1.82) is 0 Å². The summed E-state index contributed by atoms with van der Waals surface area (Å²) in [6.07, 6.45) is 5.86. The molecule has 0 aliphatic heterocycles. The molecule has 2 N–H and O–H groups in total. The lowest BCUT2D eigenvalue weighted by atomic mass is 9.81. The third kappa shape index (κ3) is 4.89. The van der Waals surface area contributed by atoms with Crippen molar-refractivity contribution in [3.05, 3.63) is 36.5 Å². The molecule has 1 amide bonds. The van der Waals surface area contributed by atoms with Crippen molar-refractivity contribution in [2.75, 3.05) is 6.54 Å². The van der Waals surface area contributed by atoms with E-state index in [1.807, 2.05) is 19.1 Å². The number of carbonyl (C=O) groups is 1. The Morgan fingerprint density at radius 1 is 1.18 bits per heavy atom. The Labute approximate surface area is 167 Å². The van der Waals surface area contributed by atoms with Gasteiger partial charge in [-0.05, 0) is 57.1 Å². The van der Waals surface area contributed by atoms with Crippen LogP contribution >= 0.6 is 0 Å². The molecule has 1 aliphatic rings. The average Bonchev–Trinajstić information content (AvgIpc) is 2.72. The molecular weight excluding hydrogens is 374 g/mol. The zero-order valence-electron chi connectivity index (χ0n) is 16.5. The second-order valence-electron chi connectivity index (χ2n) is 7.72. The van der Waals surface area contributed by atoms with Gasteiger partial charge < -0.3 is 5.32 Å². The lowest BCUT2D eigenvalue weighted by Gasteiger charge is -2.28. The van der Waals surface area contributed by atoms with Crippen LogP contribution in [0, 0.1) is 11.8 Å². The molecule has 1 aromatic heterocycles. The molecule has 28 heavy (non-hydrogen) atoms. The number of hydrogen-bond donors (Lipinski definition) is 2. The fourth-order valence-electron chi connectivity index (χ4n) is 3.69. The van der Waals surface area contributed by atoms with Crippen LogP contribution < -0.4 is 10.0 Å². The lowest BCUT2D eigenvalue weighted by Crippen LogP contribution is -2.39. The van der Waals surface area contributed by atoms with E-state index in [2.05, 4.69) is 21.9 Å². The number of rotatable bonds is 7. The highest BCUT2D eigenvalue weighted by atomic mass is 32.2. The van der Waals surface area contributed by atoms with Crippen molar-refractivity contribution >= 4 is 26.8 Å². The van der Waals surface area contributed by atoms with Gasteiger partial charge in [-0.3, -0.25) is 9.78 Å². The van der Waals surface area contributed by atoms with Gasteiger partial charge in [0.05, 0.1) is 5.52 Å². The highest BCUT2D eigenvalue weighted by molar-refractivity contribution is 7.89. The first-order chi connectivity index (χ1) is 13.4. The second kappa shape index (κ2) is 9.01. The van der Waals surface area contributed by atoms with Crippen LogP contribution in [0.4, 0.5) is 0 Å². The number of sulfonamides is 1. The first-order valence-electron chi connectivity index (χ1n) is 10.0. The van der Waals surface area contributed by atoms with E-state index in [0.29, 0.717) is 12.1 Å². The van der Waals surface area contributed by atoms with E-state index in [1.54, 1.807) is 24.4 Å². The van der Waals surface area contributed by atoms with Crippen LogP contribution in [0.2, 0.25) is 0 Å². The SMILES string of the molecule is CCC(C)NC(=O)C1CCC(CNS(=O)(=O)c2cccc3cccnc23)CC1. The highest BCUT2D eigenvalue weighted by Crippen LogP contribution is 2.29. The fourth-order valence-corrected chi connectivity index (χ4v) is 4.98. The molecule has 2 aromatic rings. The molecule has 0 spiro atoms. The van der Waals surface area contributed by atoms with Gasteiger partial charge in [0.25, 0.3) is 0 Å². The number of nitrogens with one attached hydrogen (secondary N) is 2. The largest absolute Gasteiger partial charge is 0.353 e. The Kier molecular flexibility index (Phi) is 6.67. The van der Waals surface area contributed by atoms with Crippen LogP contribution in [0.1, 0.15) is 46.0 Å². The smallest absolute Gasteiger partial charge is 0.242 e. The number of para-hydroxylation sites is 1. The highest BCUT2D eigenvalue weighted by Gasteiger charge is 2.28. The number of benzene rings is 1. The molecule has 3 rings (SSSR count). The van der Waals surface area contributed by atoms with Gasteiger partial charge in [-0.25, -0.2) is 13.1 Å². The summed E-state index contributed by atoms with van der Waals surface area (Å²) in [4.78, 5) is 16.7. The topological polar surface area (TPSA) is 88.2 Å². The van der Waals surface area contributed by atoms with E-state index < -0.39 is 10.0 Å². The number of aromatic nitrogens is 1. The van der Waals surface area contributed by atoms with Gasteiger partial charge in [-0.1, -0.05) is 25.1 Å². The first kappa shape index (κ1) is 20.7. The van der Waals surface area contributed by atoms with Gasteiger partial charge in [0.1, 0.15) is 4.90 Å². The number of carbonyl (C=O) groups excluding carboxylic acids is 1. The molecule has 0 bridgehead atoms. The number of hydrogen-bond acceptors (Lipinski definition) is 4. The Morgan fingerprint density at radius 3 is 2.61 bits per heavy atom. The third-order valence-electron chi connectivity index (χ3n) is 5.67. The molecule has 1 saturated carbocycles. The number of amides is 1. The summed E-state index contributed by atoms with van der Waals surface area (Å²) in [6, 6.07) is 9.03. The maximum Gasteiger partial charge on any atom is 0.242 e. The van der Waals surface area contributed by atoms with E-state index >= 15 is 0 Å². The summed E-state index contributed by atoms with van der Waals surface area (Å²) in [5.74, 6) is 0.435. The first-order valence-corrected chi connectivity index (χ1v) is 11.5. The Morgan fingerprint density at radius 2 is 1.89 bits per heavy atom. The molecular formula is C21H29N3O3S. The molecule has 0 saturated heterocycles. The predicted octanol–water partition coefficient (Wildman–Crippen LogP) is 3.23. The predicted molar refractivity (Wildman–Crippen MR) is 110 cm³/mol. The summed E-state index contributed by atoms with van der Waals surface area (Å²) in [7, 11) is -3.63. The van der Waals surface area contributed by atoms with Crippen molar-refractivity contribution in [3.63, 3.8) is 0 Å². The van der Waals surface area contributed by atoms with Crippen LogP contribution in [0.5, 0.6) is 0 Å². The molecule has 1 fully saturated rings. The lowest BCUT2D eigenvalue weighted by molar-refractivity contribution is -0.126. The second-order valence-corrected chi connectivity index (χ2v) is 9.45. The minimum atomic E-state index is -3.63. The van der Waals surface area contributed by atoms with Crippen LogP contribution in [-0.2, 0) is 14.8 Å². The molecule has 152 valence electrons. The van der Waals surface area contributed by atoms with E-state index in [-0.39, 0.29) is 28.7 Å². The van der Waals surface area contributed by atoms with Gasteiger partial charge in [0.2, 0.25) is 15.9 Å². The van der Waals surface area contributed by atoms with Gasteiger partial charge in [-0.15, -0.1) is 0 Å². The van der Waals surface area contributed by atoms with Gasteiger partial charge in [-0.2, -0.15) is 0 Å². The van der Waals surface area contributed by atoms with Gasteiger partial charge in [0, 0.05) is 30.1 Å². The van der Waals surface area contributed by atoms with Gasteiger partial charge in [0.15, 0.2) is 0 Å². The van der Waals surface area contributed by atoms with Crippen molar-refractivity contribution in [2.24, 2.45) is 11.8 Å². The van der Waals surface area contributed by atoms with E-state index in [9.17, 15) is 13.2 Å². The van der Waals surface area contributed by atoms with Crippen LogP contribution in [0.3, 0.4) is 0 Å². The van der Waals surface area contributed by atoms with Gasteiger partial charge >= 0.3 is 0 Å². The van der Waals surface area contributed by atoms with E-state index in [1.165, 1.54) is 0 Å². The molecule has 7 heteroatoms. The standard InChI is InChI=1S/C21H29N3O3S/c1-3-15(2)24-21(25)18-11-9-16(10-12-18)14-23-28(26,27)19-8-4-6-17-7-5-13-22-20(17)19/h4-8,13,15-16,18,23H,3,9-12,14H2,1-2H3,(H,24,25). The minimum absolute atomic E-state index is 0.0455. The van der Waals surface area contributed by atoms with Crippen LogP contribution in [0.15, 0.2) is 41.4 Å². The third-order valence-corrected chi connectivity index (χ3v) is 7.12. The summed E-state index contributed by atoms with van der Waals surface area (Å²) in [5, 5.41) is 3.86. The van der Waals surface area contributed by atoms with Crippen LogP contribution in [0.25, 0.3) is 10.9 Å². The number of nitrogens with zero attached hydrogens (tertiary/aromatic N) is 1. The average molecular weight is 404 g/mol. The molecule has 1 unspecified atom stereocenters. The Hall–Kier alpha value is -1.99. The number of fused-ring (bicyclic) bond motifs is 1. The Balaban J connectivity index is 1.57. The molecule has 1 aliphatic carbocycles. The summed E-state index contributed by atoms with van der Waals surface area (Å²) in [5.41, 5.74) is 0.489. The normalized spacial score (nSPS) is 21.4. The quantitative estimate of drug-likeness (QED) is 0.743.